The second-order valence-electron chi connectivity index (χ2n) is 4.60. The maximum Gasteiger partial charge on any atom is 0.338 e. The van der Waals surface area contributed by atoms with E-state index in [1.54, 1.807) is 6.92 Å². The van der Waals surface area contributed by atoms with E-state index in [2.05, 4.69) is 20.7 Å². The fourth-order valence-corrected chi connectivity index (χ4v) is 3.96. The first-order chi connectivity index (χ1) is 11.2. The number of rotatable bonds is 5. The van der Waals surface area contributed by atoms with Gasteiger partial charge < -0.3 is 4.74 Å². The van der Waals surface area contributed by atoms with E-state index < -0.39 is 27.6 Å². The molecule has 0 bridgehead atoms. The summed E-state index contributed by atoms with van der Waals surface area (Å²) >= 11 is 3.08. The third-order valence-electron chi connectivity index (χ3n) is 2.90. The van der Waals surface area contributed by atoms with Crippen molar-refractivity contribution in [1.82, 2.24) is 0 Å². The number of nitrogens with one attached hydrogen (secondary N) is 1. The fraction of sp³-hybridized carbons (Fsp3) is 0.133. The molecule has 24 heavy (non-hydrogen) atoms. The number of sulfonamides is 1. The molecule has 0 amide bonds. The molecule has 0 aliphatic carbocycles. The minimum Gasteiger partial charge on any atom is -0.462 e. The summed E-state index contributed by atoms with van der Waals surface area (Å²) in [6.45, 7) is 1.84. The normalized spacial score (nSPS) is 11.2. The highest BCUT2D eigenvalue weighted by Crippen LogP contribution is 2.26. The molecule has 0 radical (unpaired) electrons. The summed E-state index contributed by atoms with van der Waals surface area (Å²) in [5.74, 6) is -2.85. The average Bonchev–Trinajstić information content (AvgIpc) is 2.50. The van der Waals surface area contributed by atoms with Gasteiger partial charge in [0.25, 0.3) is 10.0 Å². The zero-order valence-corrected chi connectivity index (χ0v) is 14.7. The maximum atomic E-state index is 13.2. The molecule has 0 spiro atoms. The molecule has 128 valence electrons. The number of esters is 1. The standard InChI is InChI=1S/C15H12BrF2NO4S/c1-2-23-15(20)9-3-6-14(11(16)7-9)24(21,22)19-10-4-5-12(17)13(18)8-10/h3-8,19H,2H2,1H3. The van der Waals surface area contributed by atoms with Crippen molar-refractivity contribution < 1.29 is 26.7 Å². The first kappa shape index (κ1) is 18.3. The number of carbonyl (C=O) groups excluding carboxylic acids is 1. The van der Waals surface area contributed by atoms with Crippen LogP contribution in [0.15, 0.2) is 45.8 Å². The van der Waals surface area contributed by atoms with E-state index in [0.29, 0.717) is 0 Å². The highest BCUT2D eigenvalue weighted by atomic mass is 79.9. The van der Waals surface area contributed by atoms with Crippen LogP contribution in [0.4, 0.5) is 14.5 Å². The predicted octanol–water partition coefficient (Wildman–Crippen LogP) is 3.70. The summed E-state index contributed by atoms with van der Waals surface area (Å²) in [7, 11) is -4.07. The second kappa shape index (κ2) is 7.27. The van der Waals surface area contributed by atoms with Gasteiger partial charge in [-0.2, -0.15) is 0 Å². The summed E-state index contributed by atoms with van der Waals surface area (Å²) in [5, 5.41) is 0. The SMILES string of the molecule is CCOC(=O)c1ccc(S(=O)(=O)Nc2ccc(F)c(F)c2)c(Br)c1. The van der Waals surface area contributed by atoms with Gasteiger partial charge in [-0.3, -0.25) is 4.72 Å². The van der Waals surface area contributed by atoms with Crippen molar-refractivity contribution in [2.45, 2.75) is 11.8 Å². The predicted molar refractivity (Wildman–Crippen MR) is 87.3 cm³/mol. The summed E-state index contributed by atoms with van der Waals surface area (Å²) in [4.78, 5) is 11.5. The van der Waals surface area contributed by atoms with Gasteiger partial charge in [0.2, 0.25) is 0 Å². The van der Waals surface area contributed by atoms with Crippen LogP contribution in [0.1, 0.15) is 17.3 Å². The molecule has 2 aromatic carbocycles. The van der Waals surface area contributed by atoms with E-state index in [9.17, 15) is 22.0 Å². The van der Waals surface area contributed by atoms with Crippen LogP contribution in [0, 0.1) is 11.6 Å². The van der Waals surface area contributed by atoms with E-state index >= 15 is 0 Å². The van der Waals surface area contributed by atoms with Crippen molar-refractivity contribution in [3.05, 3.63) is 58.1 Å². The molecular formula is C15H12BrF2NO4S. The molecular weight excluding hydrogens is 408 g/mol. The van der Waals surface area contributed by atoms with Crippen LogP contribution in [-0.2, 0) is 14.8 Å². The van der Waals surface area contributed by atoms with Gasteiger partial charge in [0.05, 0.1) is 17.9 Å². The zero-order valence-electron chi connectivity index (χ0n) is 12.3. The molecule has 9 heteroatoms. The molecule has 0 saturated heterocycles. The Hall–Kier alpha value is -2.00. The summed E-state index contributed by atoms with van der Waals surface area (Å²) < 4.78 is 57.9. The topological polar surface area (TPSA) is 72.5 Å². The zero-order chi connectivity index (χ0) is 17.9. The molecule has 0 saturated carbocycles. The smallest absolute Gasteiger partial charge is 0.338 e. The molecule has 0 aliphatic heterocycles. The van der Waals surface area contributed by atoms with Gasteiger partial charge in [0, 0.05) is 10.5 Å². The number of hydrogen-bond acceptors (Lipinski definition) is 4. The Balaban J connectivity index is 2.32. The summed E-state index contributed by atoms with van der Waals surface area (Å²) in [5.41, 5.74) is 0.0470. The van der Waals surface area contributed by atoms with Crippen LogP contribution >= 0.6 is 15.9 Å². The largest absolute Gasteiger partial charge is 0.462 e. The van der Waals surface area contributed by atoms with Crippen molar-refractivity contribution in [2.75, 3.05) is 11.3 Å². The van der Waals surface area contributed by atoms with E-state index in [0.717, 1.165) is 18.2 Å². The van der Waals surface area contributed by atoms with Crippen LogP contribution in [-0.4, -0.2) is 21.0 Å². The third kappa shape index (κ3) is 4.09. The van der Waals surface area contributed by atoms with Crippen molar-refractivity contribution in [1.29, 1.82) is 0 Å². The quantitative estimate of drug-likeness (QED) is 0.749. The van der Waals surface area contributed by atoms with Crippen LogP contribution in [0.5, 0.6) is 0 Å². The Labute approximate surface area is 145 Å². The Morgan fingerprint density at radius 1 is 1.17 bits per heavy atom. The van der Waals surface area contributed by atoms with E-state index in [1.165, 1.54) is 18.2 Å². The highest BCUT2D eigenvalue weighted by Gasteiger charge is 2.20. The lowest BCUT2D eigenvalue weighted by Gasteiger charge is -2.11. The van der Waals surface area contributed by atoms with Gasteiger partial charge in [-0.1, -0.05) is 0 Å². The maximum absolute atomic E-state index is 13.2. The molecule has 0 aliphatic rings. The Kier molecular flexibility index (Phi) is 5.55. The Morgan fingerprint density at radius 3 is 2.46 bits per heavy atom. The Morgan fingerprint density at radius 2 is 1.88 bits per heavy atom. The van der Waals surface area contributed by atoms with Crippen molar-refractivity contribution in [3.63, 3.8) is 0 Å². The van der Waals surface area contributed by atoms with Crippen LogP contribution < -0.4 is 4.72 Å². The van der Waals surface area contributed by atoms with Gasteiger partial charge in [-0.15, -0.1) is 0 Å². The minimum absolute atomic E-state index is 0.128. The molecule has 2 aromatic rings. The van der Waals surface area contributed by atoms with E-state index in [-0.39, 0.29) is 27.2 Å². The van der Waals surface area contributed by atoms with Gasteiger partial charge in [-0.05, 0) is 53.2 Å². The number of hydrogen-bond donors (Lipinski definition) is 1. The van der Waals surface area contributed by atoms with E-state index in [1.807, 2.05) is 0 Å². The third-order valence-corrected chi connectivity index (χ3v) is 5.26. The number of benzene rings is 2. The average molecular weight is 420 g/mol. The number of halogens is 3. The molecule has 0 atom stereocenters. The van der Waals surface area contributed by atoms with Crippen molar-refractivity contribution in [2.24, 2.45) is 0 Å². The van der Waals surface area contributed by atoms with Crippen molar-refractivity contribution in [3.8, 4) is 0 Å². The lowest BCUT2D eigenvalue weighted by atomic mass is 10.2. The Bertz CT molecular complexity index is 887. The number of ether oxygens (including phenoxy) is 1. The first-order valence-corrected chi connectivity index (χ1v) is 8.96. The van der Waals surface area contributed by atoms with Crippen LogP contribution in [0.3, 0.4) is 0 Å². The molecule has 0 heterocycles. The van der Waals surface area contributed by atoms with Crippen LogP contribution in [0.25, 0.3) is 0 Å². The van der Waals surface area contributed by atoms with Gasteiger partial charge >= 0.3 is 5.97 Å². The summed E-state index contributed by atoms with van der Waals surface area (Å²) in [6.07, 6.45) is 0. The number of carbonyl (C=O) groups is 1. The lowest BCUT2D eigenvalue weighted by Crippen LogP contribution is -2.14. The molecule has 1 N–H and O–H groups in total. The van der Waals surface area contributed by atoms with Gasteiger partial charge in [0.1, 0.15) is 4.90 Å². The fourth-order valence-electron chi connectivity index (χ4n) is 1.83. The molecule has 0 unspecified atom stereocenters. The molecule has 2 rings (SSSR count). The molecule has 5 nitrogen and oxygen atoms in total. The highest BCUT2D eigenvalue weighted by molar-refractivity contribution is 9.10. The molecule has 0 aromatic heterocycles. The second-order valence-corrected chi connectivity index (χ2v) is 7.11. The first-order valence-electron chi connectivity index (χ1n) is 6.69. The number of anilines is 1. The van der Waals surface area contributed by atoms with Crippen LogP contribution in [0.2, 0.25) is 0 Å². The van der Waals surface area contributed by atoms with Crippen molar-refractivity contribution >= 4 is 37.6 Å². The minimum atomic E-state index is -4.07. The lowest BCUT2D eigenvalue weighted by molar-refractivity contribution is 0.0526. The molecule has 0 fully saturated rings. The monoisotopic (exact) mass is 419 g/mol. The van der Waals surface area contributed by atoms with Gasteiger partial charge in [0.15, 0.2) is 11.6 Å². The van der Waals surface area contributed by atoms with E-state index in [4.69, 9.17) is 4.74 Å². The summed E-state index contributed by atoms with van der Waals surface area (Å²) in [6, 6.07) is 6.44. The van der Waals surface area contributed by atoms with Gasteiger partial charge in [-0.25, -0.2) is 22.0 Å².